The third-order valence-corrected chi connectivity index (χ3v) is 4.77. The summed E-state index contributed by atoms with van der Waals surface area (Å²) in [6.07, 6.45) is 2.49. The smallest absolute Gasteiger partial charge is 0.337 e. The van der Waals surface area contributed by atoms with Gasteiger partial charge in [0.15, 0.2) is 5.65 Å². The Morgan fingerprint density at radius 2 is 2.09 bits per heavy atom. The van der Waals surface area contributed by atoms with E-state index in [0.717, 1.165) is 0 Å². The molecule has 0 saturated carbocycles. The number of urea groups is 1. The van der Waals surface area contributed by atoms with Crippen LogP contribution in [0.2, 0.25) is 0 Å². The van der Waals surface area contributed by atoms with Crippen molar-refractivity contribution < 1.29 is 19.2 Å². The van der Waals surface area contributed by atoms with Gasteiger partial charge in [-0.2, -0.15) is 5.10 Å². The number of amides is 2. The lowest BCUT2D eigenvalue weighted by Gasteiger charge is -2.21. The van der Waals surface area contributed by atoms with E-state index in [1.54, 1.807) is 13.0 Å². The summed E-state index contributed by atoms with van der Waals surface area (Å²) in [5.74, 6) is -0.610. The summed E-state index contributed by atoms with van der Waals surface area (Å²) >= 11 is 0. The lowest BCUT2D eigenvalue weighted by Crippen LogP contribution is -2.45. The molecule has 32 heavy (non-hydrogen) atoms. The molecular weight excluding hydrogens is 422 g/mol. The predicted molar refractivity (Wildman–Crippen MR) is 110 cm³/mol. The molecule has 0 saturated heterocycles. The second-order valence-corrected chi connectivity index (χ2v) is 6.70. The number of rotatable bonds is 6. The van der Waals surface area contributed by atoms with Crippen LogP contribution in [0.5, 0.6) is 0 Å². The number of aromatic nitrogens is 4. The predicted octanol–water partition coefficient (Wildman–Crippen LogP) is 0.620. The standard InChI is InChI=1S/C19H17N7O6/c1-2-32-18(28)11-7-20-19(29)23-13(11)9-24-10-21-16-12(17(24)27)8-22-25(16)14-5-3-4-6-15(14)26(30)31/h3-6,8,10H,2,7,9H2,1H3,(H2,20,23,29). The van der Waals surface area contributed by atoms with Gasteiger partial charge in [0.05, 0.1) is 42.1 Å². The molecule has 13 heteroatoms. The fourth-order valence-corrected chi connectivity index (χ4v) is 3.29. The number of allylic oxidation sites excluding steroid dienone is 1. The largest absolute Gasteiger partial charge is 0.463 e. The van der Waals surface area contributed by atoms with E-state index in [2.05, 4.69) is 20.7 Å². The molecule has 0 fully saturated rings. The van der Waals surface area contributed by atoms with Gasteiger partial charge < -0.3 is 15.4 Å². The highest BCUT2D eigenvalue weighted by Crippen LogP contribution is 2.24. The molecule has 3 aromatic rings. The summed E-state index contributed by atoms with van der Waals surface area (Å²) in [5, 5.41) is 20.6. The van der Waals surface area contributed by atoms with E-state index in [0.29, 0.717) is 0 Å². The van der Waals surface area contributed by atoms with Crippen LogP contribution in [-0.4, -0.2) is 49.4 Å². The summed E-state index contributed by atoms with van der Waals surface area (Å²) in [7, 11) is 0. The number of esters is 1. The number of hydrogen-bond donors (Lipinski definition) is 2. The maximum atomic E-state index is 13.0. The van der Waals surface area contributed by atoms with Crippen molar-refractivity contribution in [1.29, 1.82) is 0 Å². The van der Waals surface area contributed by atoms with Gasteiger partial charge in [-0.15, -0.1) is 0 Å². The van der Waals surface area contributed by atoms with E-state index in [4.69, 9.17) is 4.74 Å². The van der Waals surface area contributed by atoms with Crippen molar-refractivity contribution in [1.82, 2.24) is 30.0 Å². The second kappa shape index (κ2) is 8.29. The topological polar surface area (TPSA) is 163 Å². The molecule has 1 aliphatic heterocycles. The average molecular weight is 439 g/mol. The number of nitrogens with one attached hydrogen (secondary N) is 2. The van der Waals surface area contributed by atoms with E-state index in [-0.39, 0.29) is 53.4 Å². The first-order chi connectivity index (χ1) is 15.4. The average Bonchev–Trinajstić information content (AvgIpc) is 3.20. The van der Waals surface area contributed by atoms with Crippen LogP contribution < -0.4 is 16.2 Å². The van der Waals surface area contributed by atoms with Crippen molar-refractivity contribution in [2.45, 2.75) is 13.5 Å². The molecule has 2 aromatic heterocycles. The van der Waals surface area contributed by atoms with Gasteiger partial charge in [0.1, 0.15) is 17.4 Å². The molecule has 3 heterocycles. The molecule has 0 spiro atoms. The van der Waals surface area contributed by atoms with Gasteiger partial charge in [0, 0.05) is 6.07 Å². The normalized spacial score (nSPS) is 13.6. The van der Waals surface area contributed by atoms with E-state index >= 15 is 0 Å². The Labute approximate surface area is 179 Å². The third-order valence-electron chi connectivity index (χ3n) is 4.77. The van der Waals surface area contributed by atoms with Gasteiger partial charge in [-0.05, 0) is 13.0 Å². The summed E-state index contributed by atoms with van der Waals surface area (Å²) < 4.78 is 7.43. The molecule has 0 bridgehead atoms. The van der Waals surface area contributed by atoms with Crippen LogP contribution in [-0.2, 0) is 16.1 Å². The molecule has 0 atom stereocenters. The summed E-state index contributed by atoms with van der Waals surface area (Å²) in [4.78, 5) is 52.0. The van der Waals surface area contributed by atoms with Crippen molar-refractivity contribution in [3.8, 4) is 5.69 Å². The van der Waals surface area contributed by atoms with Crippen LogP contribution >= 0.6 is 0 Å². The van der Waals surface area contributed by atoms with Crippen LogP contribution in [0.3, 0.4) is 0 Å². The lowest BCUT2D eigenvalue weighted by molar-refractivity contribution is -0.384. The molecule has 13 nitrogen and oxygen atoms in total. The fourth-order valence-electron chi connectivity index (χ4n) is 3.29. The first kappa shape index (κ1) is 20.7. The van der Waals surface area contributed by atoms with E-state index in [1.807, 2.05) is 0 Å². The van der Waals surface area contributed by atoms with Crippen LogP contribution in [0, 0.1) is 10.1 Å². The Bertz CT molecular complexity index is 1340. The van der Waals surface area contributed by atoms with Crippen molar-refractivity contribution >= 4 is 28.7 Å². The van der Waals surface area contributed by atoms with E-state index < -0.39 is 22.5 Å². The maximum Gasteiger partial charge on any atom is 0.337 e. The second-order valence-electron chi connectivity index (χ2n) is 6.70. The lowest BCUT2D eigenvalue weighted by atomic mass is 10.1. The quantitative estimate of drug-likeness (QED) is 0.321. The first-order valence-electron chi connectivity index (χ1n) is 9.51. The number of benzene rings is 1. The SMILES string of the molecule is CCOC(=O)C1=C(Cn2cnc3c(cnn3-c3ccccc3[N+](=O)[O-])c2=O)NC(=O)NC1. The van der Waals surface area contributed by atoms with Crippen molar-refractivity contribution in [3.05, 3.63) is 68.5 Å². The van der Waals surface area contributed by atoms with Crippen LogP contribution in [0.4, 0.5) is 10.5 Å². The number of para-hydroxylation sites is 2. The Kier molecular flexibility index (Phi) is 5.37. The maximum absolute atomic E-state index is 13.0. The summed E-state index contributed by atoms with van der Waals surface area (Å²) in [6.45, 7) is 1.63. The number of nitrogens with zero attached hydrogens (tertiary/aromatic N) is 5. The number of nitro benzene ring substituents is 1. The van der Waals surface area contributed by atoms with Crippen LogP contribution in [0.15, 0.2) is 52.9 Å². The Morgan fingerprint density at radius 1 is 1.31 bits per heavy atom. The van der Waals surface area contributed by atoms with Gasteiger partial charge in [-0.1, -0.05) is 12.1 Å². The highest BCUT2D eigenvalue weighted by atomic mass is 16.6. The van der Waals surface area contributed by atoms with Crippen LogP contribution in [0.25, 0.3) is 16.7 Å². The fraction of sp³-hybridized carbons (Fsp3) is 0.211. The summed E-state index contributed by atoms with van der Waals surface area (Å²) in [6, 6.07) is 5.45. The minimum absolute atomic E-state index is 0.0416. The zero-order chi connectivity index (χ0) is 22.8. The molecule has 0 unspecified atom stereocenters. The molecule has 2 amide bonds. The first-order valence-corrected chi connectivity index (χ1v) is 9.51. The van der Waals surface area contributed by atoms with Crippen LogP contribution in [0.1, 0.15) is 6.92 Å². The zero-order valence-corrected chi connectivity index (χ0v) is 16.8. The van der Waals surface area contributed by atoms with Gasteiger partial charge in [0.25, 0.3) is 11.2 Å². The van der Waals surface area contributed by atoms with Gasteiger partial charge >= 0.3 is 12.0 Å². The van der Waals surface area contributed by atoms with Gasteiger partial charge in [0.2, 0.25) is 0 Å². The minimum atomic E-state index is -0.610. The Hall–Kier alpha value is -4.55. The molecule has 0 radical (unpaired) electrons. The molecule has 1 aromatic carbocycles. The van der Waals surface area contributed by atoms with Crippen molar-refractivity contribution in [2.75, 3.05) is 13.2 Å². The monoisotopic (exact) mass is 439 g/mol. The molecular formula is C19H17N7O6. The number of fused-ring (bicyclic) bond motifs is 1. The van der Waals surface area contributed by atoms with Gasteiger partial charge in [-0.25, -0.2) is 19.3 Å². The molecule has 1 aliphatic rings. The van der Waals surface area contributed by atoms with Gasteiger partial charge in [-0.3, -0.25) is 19.5 Å². The van der Waals surface area contributed by atoms with Crippen molar-refractivity contribution in [3.63, 3.8) is 0 Å². The van der Waals surface area contributed by atoms with Crippen molar-refractivity contribution in [2.24, 2.45) is 0 Å². The number of ether oxygens (including phenoxy) is 1. The third kappa shape index (κ3) is 3.66. The zero-order valence-electron chi connectivity index (χ0n) is 16.8. The number of nitro groups is 1. The Balaban J connectivity index is 1.76. The Morgan fingerprint density at radius 3 is 2.84 bits per heavy atom. The number of hydrogen-bond acceptors (Lipinski definition) is 8. The number of carbonyl (C=O) groups excluding carboxylic acids is 2. The molecule has 2 N–H and O–H groups in total. The number of carbonyl (C=O) groups is 2. The minimum Gasteiger partial charge on any atom is -0.463 e. The molecule has 0 aliphatic carbocycles. The highest BCUT2D eigenvalue weighted by molar-refractivity contribution is 5.93. The van der Waals surface area contributed by atoms with E-state index in [9.17, 15) is 24.5 Å². The highest BCUT2D eigenvalue weighted by Gasteiger charge is 2.25. The molecule has 4 rings (SSSR count). The summed E-state index contributed by atoms with van der Waals surface area (Å²) in [5.41, 5.74) is 0.00797. The van der Waals surface area contributed by atoms with E-state index in [1.165, 1.54) is 40.0 Å². The molecule has 164 valence electrons.